The molecule has 2 nitrogen and oxygen atoms in total. The molecule has 2 aromatic carbocycles. The summed E-state index contributed by atoms with van der Waals surface area (Å²) in [5, 5.41) is 0.696. The zero-order chi connectivity index (χ0) is 13.8. The van der Waals surface area contributed by atoms with Gasteiger partial charge in [-0.3, -0.25) is 0 Å². The summed E-state index contributed by atoms with van der Waals surface area (Å²) in [5.41, 5.74) is 8.03. The van der Waals surface area contributed by atoms with Crippen LogP contribution in [0.3, 0.4) is 0 Å². The second-order valence-electron chi connectivity index (χ2n) is 4.85. The molecule has 1 unspecified atom stereocenters. The molecule has 1 atom stereocenters. The normalized spacial score (nSPS) is 12.2. The van der Waals surface area contributed by atoms with Crippen molar-refractivity contribution in [2.45, 2.75) is 26.3 Å². The van der Waals surface area contributed by atoms with Crippen molar-refractivity contribution in [1.29, 1.82) is 0 Å². The summed E-state index contributed by atoms with van der Waals surface area (Å²) in [7, 11) is 0. The Bertz CT molecular complexity index is 549. The van der Waals surface area contributed by atoms with E-state index in [4.69, 9.17) is 22.1 Å². The van der Waals surface area contributed by atoms with Gasteiger partial charge in [0.1, 0.15) is 11.5 Å². The maximum absolute atomic E-state index is 6.23. The third-order valence-electron chi connectivity index (χ3n) is 2.82. The van der Waals surface area contributed by atoms with Crippen molar-refractivity contribution >= 4 is 11.6 Å². The second kappa shape index (κ2) is 6.09. The van der Waals surface area contributed by atoms with Crippen molar-refractivity contribution in [3.05, 3.63) is 58.6 Å². The molecule has 0 aliphatic heterocycles. The Balaban J connectivity index is 2.13. The van der Waals surface area contributed by atoms with Crippen molar-refractivity contribution in [3.8, 4) is 11.5 Å². The zero-order valence-corrected chi connectivity index (χ0v) is 11.9. The molecule has 0 radical (unpaired) electrons. The van der Waals surface area contributed by atoms with E-state index >= 15 is 0 Å². The van der Waals surface area contributed by atoms with Crippen LogP contribution < -0.4 is 10.5 Å². The van der Waals surface area contributed by atoms with Crippen LogP contribution in [0.4, 0.5) is 0 Å². The average molecular weight is 276 g/mol. The third kappa shape index (κ3) is 3.98. The number of benzene rings is 2. The first kappa shape index (κ1) is 13.9. The van der Waals surface area contributed by atoms with E-state index < -0.39 is 0 Å². The summed E-state index contributed by atoms with van der Waals surface area (Å²) >= 11 is 6.23. The lowest BCUT2D eigenvalue weighted by atomic mass is 10.1. The Morgan fingerprint density at radius 3 is 2.32 bits per heavy atom. The van der Waals surface area contributed by atoms with Crippen molar-refractivity contribution in [2.24, 2.45) is 5.73 Å². The molecule has 0 aliphatic carbocycles. The Morgan fingerprint density at radius 2 is 1.74 bits per heavy atom. The number of rotatable bonds is 4. The van der Waals surface area contributed by atoms with E-state index in [2.05, 4.69) is 0 Å². The maximum Gasteiger partial charge on any atom is 0.128 e. The molecule has 100 valence electrons. The fourth-order valence-electron chi connectivity index (χ4n) is 1.85. The Labute approximate surface area is 119 Å². The molecule has 0 saturated carbocycles. The molecular formula is C16H18ClNO. The summed E-state index contributed by atoms with van der Waals surface area (Å²) in [6.07, 6.45) is 0.768. The number of hydrogen-bond donors (Lipinski definition) is 1. The first-order chi connectivity index (χ1) is 9.04. The van der Waals surface area contributed by atoms with Crippen LogP contribution in [0.2, 0.25) is 5.02 Å². The van der Waals surface area contributed by atoms with E-state index in [9.17, 15) is 0 Å². The van der Waals surface area contributed by atoms with Gasteiger partial charge in [0, 0.05) is 11.1 Å². The van der Waals surface area contributed by atoms with Crippen LogP contribution in [0.5, 0.6) is 11.5 Å². The van der Waals surface area contributed by atoms with E-state index in [0.717, 1.165) is 23.5 Å². The SMILES string of the molecule is Cc1ccc(Oc2ccc(CC(C)N)c(Cl)c2)cc1. The predicted octanol–water partition coefficient (Wildman–Crippen LogP) is 4.33. The highest BCUT2D eigenvalue weighted by atomic mass is 35.5. The highest BCUT2D eigenvalue weighted by molar-refractivity contribution is 6.31. The Kier molecular flexibility index (Phi) is 4.46. The van der Waals surface area contributed by atoms with Crippen molar-refractivity contribution in [2.75, 3.05) is 0 Å². The van der Waals surface area contributed by atoms with Gasteiger partial charge in [-0.2, -0.15) is 0 Å². The molecule has 3 heteroatoms. The predicted molar refractivity (Wildman–Crippen MR) is 80.1 cm³/mol. The molecule has 0 spiro atoms. The number of ether oxygens (including phenoxy) is 1. The lowest BCUT2D eigenvalue weighted by Crippen LogP contribution is -2.17. The zero-order valence-electron chi connectivity index (χ0n) is 11.2. The van der Waals surface area contributed by atoms with Crippen LogP contribution in [0.1, 0.15) is 18.1 Å². The van der Waals surface area contributed by atoms with E-state index in [0.29, 0.717) is 5.02 Å². The molecule has 0 fully saturated rings. The third-order valence-corrected chi connectivity index (χ3v) is 3.17. The molecule has 0 heterocycles. The summed E-state index contributed by atoms with van der Waals surface area (Å²) in [6.45, 7) is 4.01. The van der Waals surface area contributed by atoms with Crippen molar-refractivity contribution in [1.82, 2.24) is 0 Å². The summed E-state index contributed by atoms with van der Waals surface area (Å²) in [6, 6.07) is 13.7. The van der Waals surface area contributed by atoms with Gasteiger partial charge in [-0.25, -0.2) is 0 Å². The van der Waals surface area contributed by atoms with E-state index in [1.165, 1.54) is 5.56 Å². The Hall–Kier alpha value is -1.51. The molecular weight excluding hydrogens is 258 g/mol. The van der Waals surface area contributed by atoms with Crippen LogP contribution in [0.25, 0.3) is 0 Å². The van der Waals surface area contributed by atoms with Gasteiger partial charge in [-0.15, -0.1) is 0 Å². The van der Waals surface area contributed by atoms with Gasteiger partial charge in [0.25, 0.3) is 0 Å². The molecule has 2 N–H and O–H groups in total. The molecule has 0 aromatic heterocycles. The largest absolute Gasteiger partial charge is 0.457 e. The highest BCUT2D eigenvalue weighted by Gasteiger charge is 2.06. The molecule has 0 amide bonds. The molecule has 0 bridgehead atoms. The molecule has 2 aromatic rings. The number of nitrogens with two attached hydrogens (primary N) is 1. The number of halogens is 1. The van der Waals surface area contributed by atoms with Gasteiger partial charge in [0.2, 0.25) is 0 Å². The van der Waals surface area contributed by atoms with Gasteiger partial charge < -0.3 is 10.5 Å². The lowest BCUT2D eigenvalue weighted by molar-refractivity contribution is 0.482. The summed E-state index contributed by atoms with van der Waals surface area (Å²) < 4.78 is 5.76. The quantitative estimate of drug-likeness (QED) is 0.901. The minimum atomic E-state index is 0.0985. The van der Waals surface area contributed by atoms with Crippen LogP contribution in [0, 0.1) is 6.92 Å². The van der Waals surface area contributed by atoms with E-state index in [1.54, 1.807) is 0 Å². The van der Waals surface area contributed by atoms with Gasteiger partial charge in [-0.1, -0.05) is 35.4 Å². The maximum atomic E-state index is 6.23. The molecule has 0 saturated heterocycles. The standard InChI is InChI=1S/C16H18ClNO/c1-11-3-6-14(7-4-11)19-15-8-5-13(9-12(2)18)16(17)10-15/h3-8,10,12H,9,18H2,1-2H3. The fourth-order valence-corrected chi connectivity index (χ4v) is 2.09. The summed E-state index contributed by atoms with van der Waals surface area (Å²) in [5.74, 6) is 1.55. The minimum absolute atomic E-state index is 0.0985. The van der Waals surface area contributed by atoms with Crippen LogP contribution >= 0.6 is 11.6 Å². The highest BCUT2D eigenvalue weighted by Crippen LogP contribution is 2.27. The Morgan fingerprint density at radius 1 is 1.11 bits per heavy atom. The van der Waals surface area contributed by atoms with Crippen LogP contribution in [-0.2, 0) is 6.42 Å². The van der Waals surface area contributed by atoms with Crippen molar-refractivity contribution < 1.29 is 4.74 Å². The smallest absolute Gasteiger partial charge is 0.128 e. The second-order valence-corrected chi connectivity index (χ2v) is 5.26. The van der Waals surface area contributed by atoms with E-state index in [1.807, 2.05) is 56.3 Å². The monoisotopic (exact) mass is 275 g/mol. The lowest BCUT2D eigenvalue weighted by Gasteiger charge is -2.10. The fraction of sp³-hybridized carbons (Fsp3) is 0.250. The first-order valence-electron chi connectivity index (χ1n) is 6.33. The van der Waals surface area contributed by atoms with Gasteiger partial charge >= 0.3 is 0 Å². The van der Waals surface area contributed by atoms with Crippen LogP contribution in [0.15, 0.2) is 42.5 Å². The van der Waals surface area contributed by atoms with Gasteiger partial charge in [0.05, 0.1) is 0 Å². The molecule has 19 heavy (non-hydrogen) atoms. The average Bonchev–Trinajstić information content (AvgIpc) is 2.35. The van der Waals surface area contributed by atoms with Gasteiger partial charge in [-0.05, 0) is 50.1 Å². The topological polar surface area (TPSA) is 35.2 Å². The van der Waals surface area contributed by atoms with Crippen LogP contribution in [-0.4, -0.2) is 6.04 Å². The number of aryl methyl sites for hydroxylation is 1. The van der Waals surface area contributed by atoms with Crippen molar-refractivity contribution in [3.63, 3.8) is 0 Å². The minimum Gasteiger partial charge on any atom is -0.457 e. The van der Waals surface area contributed by atoms with E-state index in [-0.39, 0.29) is 6.04 Å². The summed E-state index contributed by atoms with van der Waals surface area (Å²) in [4.78, 5) is 0. The number of hydrogen-bond acceptors (Lipinski definition) is 2. The van der Waals surface area contributed by atoms with Gasteiger partial charge in [0.15, 0.2) is 0 Å². The first-order valence-corrected chi connectivity index (χ1v) is 6.71. The molecule has 2 rings (SSSR count). The molecule has 0 aliphatic rings.